The van der Waals surface area contributed by atoms with Gasteiger partial charge in [0.15, 0.2) is 11.5 Å². The van der Waals surface area contributed by atoms with Crippen molar-refractivity contribution in [2.24, 2.45) is 0 Å². The van der Waals surface area contributed by atoms with Gasteiger partial charge in [0.2, 0.25) is 0 Å². The summed E-state index contributed by atoms with van der Waals surface area (Å²) in [4.78, 5) is 37.1. The van der Waals surface area contributed by atoms with Gasteiger partial charge in [0.05, 0.1) is 23.5 Å². The number of benzene rings is 3. The molecular weight excluding hydrogens is 591 g/mol. The van der Waals surface area contributed by atoms with Gasteiger partial charge in [0.25, 0.3) is 16.8 Å². The Morgan fingerprint density at radius 2 is 1.86 bits per heavy atom. The molecule has 1 aliphatic rings. The average molecular weight is 608 g/mol. The van der Waals surface area contributed by atoms with Crippen LogP contribution in [0.5, 0.6) is 11.5 Å². The molecule has 0 bridgehead atoms. The highest BCUT2D eigenvalue weighted by molar-refractivity contribution is 9.10. The molecule has 1 saturated heterocycles. The maximum atomic E-state index is 13.3. The van der Waals surface area contributed by atoms with E-state index in [1.807, 2.05) is 0 Å². The van der Waals surface area contributed by atoms with E-state index in [2.05, 4.69) is 15.9 Å². The Labute approximate surface area is 228 Å². The Morgan fingerprint density at radius 1 is 1.14 bits per heavy atom. The quantitative estimate of drug-likeness (QED) is 0.155. The second kappa shape index (κ2) is 11.3. The monoisotopic (exact) mass is 606 g/mol. The topological polar surface area (TPSA) is 99.0 Å². The predicted molar refractivity (Wildman–Crippen MR) is 141 cm³/mol. The molecule has 8 nitrogen and oxygen atoms in total. The molecule has 0 spiro atoms. The molecule has 190 valence electrons. The lowest BCUT2D eigenvalue weighted by Gasteiger charge is -2.14. The summed E-state index contributed by atoms with van der Waals surface area (Å²) in [6, 6.07) is 13.1. The molecular formula is C25H17BrClFN2O6S. The number of non-ortho nitro benzene ring substituents is 1. The van der Waals surface area contributed by atoms with Crippen LogP contribution in [0, 0.1) is 15.9 Å². The summed E-state index contributed by atoms with van der Waals surface area (Å²) < 4.78 is 25.2. The Bertz CT molecular complexity index is 1430. The van der Waals surface area contributed by atoms with Crippen LogP contribution < -0.4 is 9.47 Å². The third-order valence-electron chi connectivity index (χ3n) is 5.33. The number of carbonyl (C=O) groups is 2. The van der Waals surface area contributed by atoms with Gasteiger partial charge in [-0.1, -0.05) is 33.6 Å². The van der Waals surface area contributed by atoms with Crippen molar-refractivity contribution in [2.45, 2.75) is 13.2 Å². The molecule has 4 rings (SSSR count). The molecule has 1 heterocycles. The van der Waals surface area contributed by atoms with Gasteiger partial charge in [0.1, 0.15) is 12.4 Å². The van der Waals surface area contributed by atoms with Crippen molar-refractivity contribution in [2.75, 3.05) is 7.11 Å². The third kappa shape index (κ3) is 6.12. The number of amides is 2. The molecule has 0 aromatic heterocycles. The maximum absolute atomic E-state index is 13.3. The van der Waals surface area contributed by atoms with Crippen molar-refractivity contribution in [1.29, 1.82) is 0 Å². The predicted octanol–water partition coefficient (Wildman–Crippen LogP) is 6.97. The molecule has 37 heavy (non-hydrogen) atoms. The van der Waals surface area contributed by atoms with E-state index in [4.69, 9.17) is 21.1 Å². The second-order valence-electron chi connectivity index (χ2n) is 7.74. The first-order valence-electron chi connectivity index (χ1n) is 10.6. The van der Waals surface area contributed by atoms with E-state index < -0.39 is 21.9 Å². The van der Waals surface area contributed by atoms with Crippen molar-refractivity contribution in [3.8, 4) is 11.5 Å². The zero-order valence-corrected chi connectivity index (χ0v) is 22.2. The first kappa shape index (κ1) is 26.6. The molecule has 0 N–H and O–H groups in total. The van der Waals surface area contributed by atoms with Crippen LogP contribution in [0.2, 0.25) is 5.02 Å². The van der Waals surface area contributed by atoms with E-state index >= 15 is 0 Å². The van der Waals surface area contributed by atoms with E-state index in [9.17, 15) is 24.1 Å². The number of imide groups is 1. The summed E-state index contributed by atoms with van der Waals surface area (Å²) >= 11 is 10.3. The molecule has 1 aliphatic heterocycles. The van der Waals surface area contributed by atoms with Crippen LogP contribution in [0.25, 0.3) is 6.08 Å². The maximum Gasteiger partial charge on any atom is 0.293 e. The van der Waals surface area contributed by atoms with Crippen molar-refractivity contribution in [3.63, 3.8) is 0 Å². The summed E-state index contributed by atoms with van der Waals surface area (Å²) in [5.74, 6) is -0.223. The number of rotatable bonds is 8. The number of nitro benzene ring substituents is 1. The molecule has 12 heteroatoms. The fraction of sp³-hybridized carbons (Fsp3) is 0.120. The first-order chi connectivity index (χ1) is 17.7. The van der Waals surface area contributed by atoms with Gasteiger partial charge in [-0.05, 0) is 70.9 Å². The van der Waals surface area contributed by atoms with Crippen molar-refractivity contribution >= 4 is 62.2 Å². The molecule has 0 radical (unpaired) electrons. The molecule has 0 aliphatic carbocycles. The van der Waals surface area contributed by atoms with Crippen LogP contribution in [0.1, 0.15) is 16.7 Å². The third-order valence-corrected chi connectivity index (χ3v) is 7.27. The number of ether oxygens (including phenoxy) is 2. The summed E-state index contributed by atoms with van der Waals surface area (Å²) in [7, 11) is 1.46. The summed E-state index contributed by atoms with van der Waals surface area (Å²) in [6.45, 7) is 0.0615. The zero-order chi connectivity index (χ0) is 26.7. The average Bonchev–Trinajstić information content (AvgIpc) is 3.13. The number of hydrogen-bond acceptors (Lipinski definition) is 7. The summed E-state index contributed by atoms with van der Waals surface area (Å²) in [6.07, 6.45) is 1.56. The molecule has 2 amide bonds. The number of methoxy groups -OCH3 is 1. The van der Waals surface area contributed by atoms with Crippen LogP contribution in [0.15, 0.2) is 64.0 Å². The molecule has 0 atom stereocenters. The highest BCUT2D eigenvalue weighted by atomic mass is 79.9. The van der Waals surface area contributed by atoms with Crippen LogP contribution >= 0.6 is 39.3 Å². The summed E-state index contributed by atoms with van der Waals surface area (Å²) in [5, 5.41) is 10.5. The Hall–Kier alpha value is -3.41. The number of halogens is 3. The van der Waals surface area contributed by atoms with Gasteiger partial charge in [0, 0.05) is 21.6 Å². The Morgan fingerprint density at radius 3 is 2.51 bits per heavy atom. The molecule has 3 aromatic carbocycles. The molecule has 3 aromatic rings. The van der Waals surface area contributed by atoms with E-state index in [1.165, 1.54) is 31.4 Å². The van der Waals surface area contributed by atoms with Crippen molar-refractivity contribution < 1.29 is 28.4 Å². The minimum atomic E-state index is -0.512. The molecule has 1 fully saturated rings. The second-order valence-corrected chi connectivity index (χ2v) is 10.00. The fourth-order valence-corrected chi connectivity index (χ4v) is 4.90. The number of nitro groups is 1. The van der Waals surface area contributed by atoms with E-state index in [-0.39, 0.29) is 28.8 Å². The zero-order valence-electron chi connectivity index (χ0n) is 19.1. The largest absolute Gasteiger partial charge is 0.493 e. The van der Waals surface area contributed by atoms with Crippen molar-refractivity contribution in [1.82, 2.24) is 4.90 Å². The number of thioether (sulfide) groups is 1. The molecule has 0 saturated carbocycles. The first-order valence-corrected chi connectivity index (χ1v) is 12.6. The van der Waals surface area contributed by atoms with Crippen LogP contribution in [0.3, 0.4) is 0 Å². The van der Waals surface area contributed by atoms with Gasteiger partial charge < -0.3 is 9.47 Å². The van der Waals surface area contributed by atoms with Crippen LogP contribution in [-0.4, -0.2) is 28.1 Å². The Balaban J connectivity index is 1.51. The molecule has 0 unspecified atom stereocenters. The van der Waals surface area contributed by atoms with Gasteiger partial charge in [-0.2, -0.15) is 0 Å². The van der Waals surface area contributed by atoms with Crippen LogP contribution in [-0.2, 0) is 17.9 Å². The minimum Gasteiger partial charge on any atom is -0.493 e. The number of carbonyl (C=O) groups excluding carboxylic acids is 2. The Kier molecular flexibility index (Phi) is 8.16. The highest BCUT2D eigenvalue weighted by Crippen LogP contribution is 2.39. The lowest BCUT2D eigenvalue weighted by Crippen LogP contribution is -2.27. The van der Waals surface area contributed by atoms with E-state index in [0.717, 1.165) is 28.3 Å². The van der Waals surface area contributed by atoms with E-state index in [1.54, 1.807) is 30.3 Å². The van der Waals surface area contributed by atoms with Gasteiger partial charge in [-0.15, -0.1) is 0 Å². The van der Waals surface area contributed by atoms with Crippen molar-refractivity contribution in [3.05, 3.63) is 102 Å². The SMILES string of the molecule is COc1cc(/C=C2/SC(=O)N(Cc3ccc(F)cc3Cl)C2=O)c(Br)cc1OCc1ccc([N+](=O)[O-])cc1. The number of hydrogen-bond donors (Lipinski definition) is 0. The smallest absolute Gasteiger partial charge is 0.293 e. The normalized spacial score (nSPS) is 14.4. The minimum absolute atomic E-state index is 0.0152. The van der Waals surface area contributed by atoms with Gasteiger partial charge in [-0.3, -0.25) is 24.6 Å². The standard InChI is InChI=1S/C25H17BrClFN2O6S/c1-35-21-8-16(19(26)11-22(21)36-13-14-2-6-18(7-3-14)30(33)34)9-23-24(31)29(25(32)37-23)12-15-4-5-17(28)10-20(15)27/h2-11H,12-13H2,1H3/b23-9+. The summed E-state index contributed by atoms with van der Waals surface area (Å²) in [5.41, 5.74) is 1.73. The van der Waals surface area contributed by atoms with Gasteiger partial charge >= 0.3 is 0 Å². The fourth-order valence-electron chi connectivity index (χ4n) is 3.41. The van der Waals surface area contributed by atoms with E-state index in [0.29, 0.717) is 27.1 Å². The van der Waals surface area contributed by atoms with Gasteiger partial charge in [-0.25, -0.2) is 4.39 Å². The highest BCUT2D eigenvalue weighted by Gasteiger charge is 2.35. The lowest BCUT2D eigenvalue weighted by molar-refractivity contribution is -0.384. The number of nitrogens with zero attached hydrogens (tertiary/aromatic N) is 2. The lowest BCUT2D eigenvalue weighted by atomic mass is 10.1. The van der Waals surface area contributed by atoms with Crippen LogP contribution in [0.4, 0.5) is 14.9 Å².